The Kier molecular flexibility index (Phi) is 18.4. The van der Waals surface area contributed by atoms with Gasteiger partial charge < -0.3 is 32.3 Å². The minimum atomic E-state index is -0.905. The predicted octanol–water partition coefficient (Wildman–Crippen LogP) is 4.79. The molecule has 1 aliphatic heterocycles. The van der Waals surface area contributed by atoms with Gasteiger partial charge in [-0.1, -0.05) is 25.0 Å². The van der Waals surface area contributed by atoms with Gasteiger partial charge in [-0.2, -0.15) is 0 Å². The number of thiazole rings is 1. The fourth-order valence-corrected chi connectivity index (χ4v) is 3.62. The normalized spacial score (nSPS) is 13.5. The molecule has 1 fully saturated rings. The van der Waals surface area contributed by atoms with E-state index in [4.69, 9.17) is 22.6 Å². The highest BCUT2D eigenvalue weighted by atomic mass is 32.1. The van der Waals surface area contributed by atoms with Crippen molar-refractivity contribution in [3.8, 4) is 0 Å². The summed E-state index contributed by atoms with van der Waals surface area (Å²) in [5.74, 6) is -2.61. The van der Waals surface area contributed by atoms with Crippen molar-refractivity contribution in [2.24, 2.45) is 16.9 Å². The minimum Gasteiger partial charge on any atom is -0.405 e. The van der Waals surface area contributed by atoms with Crippen molar-refractivity contribution in [3.63, 3.8) is 0 Å². The zero-order valence-corrected chi connectivity index (χ0v) is 23.4. The maximum Gasteiger partial charge on any atom is 0.212 e. The van der Waals surface area contributed by atoms with Crippen LogP contribution in [0.5, 0.6) is 0 Å². The number of aldehydes is 1. The highest BCUT2D eigenvalue weighted by molar-refractivity contribution is 7.12. The van der Waals surface area contributed by atoms with Gasteiger partial charge >= 0.3 is 0 Å². The first-order valence-electron chi connectivity index (χ1n) is 12.5. The number of hydrogen-bond acceptors (Lipinski definition) is 9. The van der Waals surface area contributed by atoms with Gasteiger partial charge in [-0.25, -0.2) is 13.8 Å². The molecule has 0 unspecified atom stereocenters. The van der Waals surface area contributed by atoms with Gasteiger partial charge in [0.1, 0.15) is 28.6 Å². The van der Waals surface area contributed by atoms with Crippen LogP contribution in [-0.2, 0) is 4.79 Å². The summed E-state index contributed by atoms with van der Waals surface area (Å²) in [6.45, 7) is 9.92. The van der Waals surface area contributed by atoms with Gasteiger partial charge in [0.25, 0.3) is 0 Å². The number of nitrogens with one attached hydrogen (secondary N) is 1. The third-order valence-corrected chi connectivity index (χ3v) is 6.08. The van der Waals surface area contributed by atoms with Crippen LogP contribution in [0, 0.1) is 22.5 Å². The number of anilines is 1. The lowest BCUT2D eigenvalue weighted by Gasteiger charge is -2.18. The van der Waals surface area contributed by atoms with Crippen molar-refractivity contribution in [2.45, 2.75) is 52.9 Å². The molecular formula is C27H42F2N6O2S. The number of benzene rings is 1. The third-order valence-electron chi connectivity index (χ3n) is 5.24. The molecule has 1 aromatic heterocycles. The molecule has 38 heavy (non-hydrogen) atoms. The monoisotopic (exact) mass is 552 g/mol. The summed E-state index contributed by atoms with van der Waals surface area (Å²) in [6.07, 6.45) is 12.0. The highest BCUT2D eigenvalue weighted by Crippen LogP contribution is 2.23. The standard InChI is InChI=1S/C10H6F2N2OS.C9H20N2.C5H9NO.C3H7N/c11-5-2-1-3-6(12)7(5)8(15)9-10(13)14-4-16-9;10-6-5-9-11-7-3-1-2-4-8-11;1-5(2,3-6)4-7;1-2-3-4/h1-4H,13H2;1-10H2;3-4,6H,1-2H3;2-3H,4H2,1H3/b;;;3-2+. The van der Waals surface area contributed by atoms with Crippen molar-refractivity contribution in [1.29, 1.82) is 5.41 Å². The molecule has 212 valence electrons. The third kappa shape index (κ3) is 14.1. The number of carbonyl (C=O) groups excluding carboxylic acids is 2. The van der Waals surface area contributed by atoms with E-state index in [2.05, 4.69) is 9.88 Å². The summed E-state index contributed by atoms with van der Waals surface area (Å²) in [4.78, 5) is 27.9. The number of carbonyl (C=O) groups is 2. The molecule has 2 heterocycles. The first kappa shape index (κ1) is 35.0. The molecule has 0 saturated carbocycles. The summed E-state index contributed by atoms with van der Waals surface area (Å²) in [5, 5.41) is 6.65. The minimum absolute atomic E-state index is 0.0161. The topological polar surface area (TPSA) is 152 Å². The van der Waals surface area contributed by atoms with Crippen LogP contribution in [0.15, 0.2) is 36.0 Å². The fourth-order valence-electron chi connectivity index (χ4n) is 2.96. The van der Waals surface area contributed by atoms with E-state index in [0.717, 1.165) is 42.5 Å². The van der Waals surface area contributed by atoms with Crippen molar-refractivity contribution < 1.29 is 18.4 Å². The van der Waals surface area contributed by atoms with E-state index in [1.165, 1.54) is 69.5 Å². The maximum atomic E-state index is 13.3. The zero-order valence-electron chi connectivity index (χ0n) is 22.6. The van der Waals surface area contributed by atoms with Crippen LogP contribution in [0.4, 0.5) is 14.6 Å². The average Bonchev–Trinajstić information content (AvgIpc) is 3.17. The van der Waals surface area contributed by atoms with Crippen LogP contribution in [0.1, 0.15) is 68.1 Å². The Labute approximate surface area is 228 Å². The number of rotatable bonds is 7. The molecule has 11 heteroatoms. The number of ketones is 1. The average molecular weight is 553 g/mol. The van der Waals surface area contributed by atoms with E-state index in [0.29, 0.717) is 0 Å². The summed E-state index contributed by atoms with van der Waals surface area (Å²) < 4.78 is 26.6. The molecule has 0 radical (unpaired) electrons. The molecule has 0 atom stereocenters. The number of nitrogens with two attached hydrogens (primary N) is 3. The molecule has 0 amide bonds. The van der Waals surface area contributed by atoms with E-state index >= 15 is 0 Å². The molecular weight excluding hydrogens is 510 g/mol. The molecule has 1 aliphatic rings. The van der Waals surface area contributed by atoms with E-state index < -0.39 is 28.4 Å². The summed E-state index contributed by atoms with van der Waals surface area (Å²) in [6, 6.07) is 3.23. The second-order valence-electron chi connectivity index (χ2n) is 9.00. The number of aromatic nitrogens is 1. The van der Waals surface area contributed by atoms with Gasteiger partial charge in [0.15, 0.2) is 0 Å². The number of nitrogen functional groups attached to an aromatic ring is 1. The number of allylic oxidation sites excluding steroid dienone is 1. The Bertz CT molecular complexity index is 955. The molecule has 8 nitrogen and oxygen atoms in total. The Balaban J connectivity index is 0.000000541. The first-order chi connectivity index (χ1) is 18.1. The van der Waals surface area contributed by atoms with Gasteiger partial charge in [0.2, 0.25) is 5.78 Å². The second-order valence-corrected chi connectivity index (χ2v) is 9.85. The van der Waals surface area contributed by atoms with E-state index in [-0.39, 0.29) is 10.7 Å². The van der Waals surface area contributed by atoms with Crippen LogP contribution in [0.2, 0.25) is 0 Å². The van der Waals surface area contributed by atoms with E-state index in [1.807, 2.05) is 6.92 Å². The van der Waals surface area contributed by atoms with Gasteiger partial charge in [-0.15, -0.1) is 11.3 Å². The summed E-state index contributed by atoms with van der Waals surface area (Å²) in [5.41, 5.74) is 15.9. The fraction of sp³-hybridized carbons (Fsp3) is 0.481. The number of nitrogens with zero attached hydrogens (tertiary/aromatic N) is 2. The lowest BCUT2D eigenvalue weighted by Crippen LogP contribution is -2.27. The van der Waals surface area contributed by atoms with Crippen molar-refractivity contribution >= 4 is 35.4 Å². The molecule has 0 aliphatic carbocycles. The van der Waals surface area contributed by atoms with Crippen LogP contribution in [0.25, 0.3) is 0 Å². The lowest BCUT2D eigenvalue weighted by atomic mass is 9.99. The predicted molar refractivity (Wildman–Crippen MR) is 153 cm³/mol. The lowest BCUT2D eigenvalue weighted by molar-refractivity contribution is -0.111. The SMILES string of the molecule is C/C=C/N.CC(C)(C=N)C=O.NCCCN1CCCCCC1.Nc1ncsc1C(=O)c1c(F)cccc1F. The number of likely N-dealkylation sites (tertiary alicyclic amines) is 1. The molecule has 0 spiro atoms. The Morgan fingerprint density at radius 3 is 2.11 bits per heavy atom. The van der Waals surface area contributed by atoms with Crippen molar-refractivity contribution in [3.05, 3.63) is 58.1 Å². The molecule has 7 N–H and O–H groups in total. The van der Waals surface area contributed by atoms with E-state index in [9.17, 15) is 18.4 Å². The van der Waals surface area contributed by atoms with E-state index in [1.54, 1.807) is 19.9 Å². The van der Waals surface area contributed by atoms with Gasteiger partial charge in [-0.05, 0) is 84.5 Å². The first-order valence-corrected chi connectivity index (χ1v) is 13.4. The molecule has 3 rings (SSSR count). The zero-order chi connectivity index (χ0) is 29.0. The Morgan fingerprint density at radius 2 is 1.74 bits per heavy atom. The summed E-state index contributed by atoms with van der Waals surface area (Å²) in [7, 11) is 0. The number of halogens is 2. The molecule has 0 bridgehead atoms. The van der Waals surface area contributed by atoms with Crippen molar-refractivity contribution in [2.75, 3.05) is 31.9 Å². The highest BCUT2D eigenvalue weighted by Gasteiger charge is 2.22. The van der Waals surface area contributed by atoms with Gasteiger partial charge in [0.05, 0.1) is 16.5 Å². The Morgan fingerprint density at radius 1 is 1.18 bits per heavy atom. The van der Waals surface area contributed by atoms with Crippen LogP contribution < -0.4 is 17.2 Å². The number of hydrogen-bond donors (Lipinski definition) is 4. The van der Waals surface area contributed by atoms with Crippen molar-refractivity contribution in [1.82, 2.24) is 9.88 Å². The largest absolute Gasteiger partial charge is 0.405 e. The quantitative estimate of drug-likeness (QED) is 0.219. The Hall–Kier alpha value is -3.02. The van der Waals surface area contributed by atoms with Crippen LogP contribution >= 0.6 is 11.3 Å². The van der Waals surface area contributed by atoms with Gasteiger partial charge in [0, 0.05) is 6.21 Å². The smallest absolute Gasteiger partial charge is 0.212 e. The molecule has 2 aromatic rings. The maximum absolute atomic E-state index is 13.3. The summed E-state index contributed by atoms with van der Waals surface area (Å²) >= 11 is 0.951. The van der Waals surface area contributed by atoms with Crippen LogP contribution in [-0.4, -0.2) is 54.3 Å². The molecule has 1 aromatic carbocycles. The molecule has 1 saturated heterocycles. The van der Waals surface area contributed by atoms with Gasteiger partial charge in [-0.3, -0.25) is 4.79 Å². The second kappa shape index (κ2) is 20.0. The van der Waals surface area contributed by atoms with Crippen LogP contribution in [0.3, 0.4) is 0 Å².